The van der Waals surface area contributed by atoms with Crippen LogP contribution in [-0.2, 0) is 11.8 Å². The van der Waals surface area contributed by atoms with Gasteiger partial charge in [-0.05, 0) is 13.5 Å². The van der Waals surface area contributed by atoms with E-state index in [4.69, 9.17) is 4.74 Å². The van der Waals surface area contributed by atoms with E-state index in [1.165, 1.54) is 0 Å². The minimum Gasteiger partial charge on any atom is -0.381 e. The number of aromatic nitrogens is 3. The van der Waals surface area contributed by atoms with Gasteiger partial charge in [0.25, 0.3) is 0 Å². The first-order valence-electron chi connectivity index (χ1n) is 4.92. The normalized spacial score (nSPS) is 24.0. The Morgan fingerprint density at radius 2 is 2.57 bits per heavy atom. The Hall–Kier alpha value is -0.940. The van der Waals surface area contributed by atoms with Gasteiger partial charge in [0, 0.05) is 19.6 Å². The second-order valence-electron chi connectivity index (χ2n) is 3.67. The monoisotopic (exact) mass is 196 g/mol. The third kappa shape index (κ3) is 1.65. The predicted molar refractivity (Wildman–Crippen MR) is 51.7 cm³/mol. The number of hydrogen-bond donors (Lipinski definition) is 1. The molecule has 0 bridgehead atoms. The summed E-state index contributed by atoms with van der Waals surface area (Å²) < 4.78 is 7.21. The van der Waals surface area contributed by atoms with Crippen LogP contribution in [-0.4, -0.2) is 35.3 Å². The fourth-order valence-corrected chi connectivity index (χ4v) is 2.02. The van der Waals surface area contributed by atoms with Gasteiger partial charge in [0.05, 0.1) is 24.5 Å². The van der Waals surface area contributed by atoms with Crippen molar-refractivity contribution < 1.29 is 4.74 Å². The summed E-state index contributed by atoms with van der Waals surface area (Å²) in [6.45, 7) is 1.70. The predicted octanol–water partition coefficient (Wildman–Crippen LogP) is 0.112. The molecule has 5 nitrogen and oxygen atoms in total. The molecule has 0 saturated carbocycles. The SMILES string of the molecule is CNC(c1cnnn1C)C1CCOC1. The Bertz CT molecular complexity index is 293. The number of aryl methyl sites for hydroxylation is 1. The van der Waals surface area contributed by atoms with Crippen molar-refractivity contribution in [2.75, 3.05) is 20.3 Å². The number of rotatable bonds is 3. The molecule has 1 aromatic rings. The minimum atomic E-state index is 0.303. The summed E-state index contributed by atoms with van der Waals surface area (Å²) >= 11 is 0. The highest BCUT2D eigenvalue weighted by Gasteiger charge is 2.27. The highest BCUT2D eigenvalue weighted by atomic mass is 16.5. The highest BCUT2D eigenvalue weighted by molar-refractivity contribution is 5.04. The van der Waals surface area contributed by atoms with E-state index in [-0.39, 0.29) is 0 Å². The van der Waals surface area contributed by atoms with Crippen LogP contribution in [0.1, 0.15) is 18.2 Å². The van der Waals surface area contributed by atoms with Gasteiger partial charge < -0.3 is 10.1 Å². The lowest BCUT2D eigenvalue weighted by molar-refractivity contribution is 0.177. The van der Waals surface area contributed by atoms with E-state index in [0.29, 0.717) is 12.0 Å². The molecular weight excluding hydrogens is 180 g/mol. The topological polar surface area (TPSA) is 52.0 Å². The van der Waals surface area contributed by atoms with Gasteiger partial charge in [0.2, 0.25) is 0 Å². The molecule has 0 spiro atoms. The van der Waals surface area contributed by atoms with Gasteiger partial charge in [0.15, 0.2) is 0 Å². The maximum atomic E-state index is 5.39. The fourth-order valence-electron chi connectivity index (χ4n) is 2.02. The number of nitrogens with one attached hydrogen (secondary N) is 1. The van der Waals surface area contributed by atoms with E-state index in [9.17, 15) is 0 Å². The molecule has 1 aliphatic rings. The van der Waals surface area contributed by atoms with Gasteiger partial charge in [-0.1, -0.05) is 5.21 Å². The van der Waals surface area contributed by atoms with Crippen LogP contribution >= 0.6 is 0 Å². The standard InChI is InChI=1S/C9H16N4O/c1-10-9(7-3-4-14-6-7)8-5-11-12-13(8)2/h5,7,9-10H,3-4,6H2,1-2H3. The van der Waals surface area contributed by atoms with Gasteiger partial charge in [-0.25, -0.2) is 0 Å². The van der Waals surface area contributed by atoms with Crippen molar-refractivity contribution in [2.24, 2.45) is 13.0 Å². The lowest BCUT2D eigenvalue weighted by Gasteiger charge is -2.21. The first kappa shape index (κ1) is 9.61. The van der Waals surface area contributed by atoms with Crippen molar-refractivity contribution >= 4 is 0 Å². The van der Waals surface area contributed by atoms with Crippen molar-refractivity contribution in [2.45, 2.75) is 12.5 Å². The zero-order chi connectivity index (χ0) is 9.97. The Kier molecular flexibility index (Phi) is 2.79. The summed E-state index contributed by atoms with van der Waals surface area (Å²) in [6, 6.07) is 0.303. The first-order chi connectivity index (χ1) is 6.83. The summed E-state index contributed by atoms with van der Waals surface area (Å²) in [4.78, 5) is 0. The van der Waals surface area contributed by atoms with Crippen molar-refractivity contribution in [1.29, 1.82) is 0 Å². The minimum absolute atomic E-state index is 0.303. The fraction of sp³-hybridized carbons (Fsp3) is 0.778. The average molecular weight is 196 g/mol. The maximum absolute atomic E-state index is 5.39. The Morgan fingerprint density at radius 1 is 1.71 bits per heavy atom. The van der Waals surface area contributed by atoms with E-state index in [2.05, 4.69) is 15.6 Å². The number of hydrogen-bond acceptors (Lipinski definition) is 4. The molecule has 1 aromatic heterocycles. The van der Waals surface area contributed by atoms with E-state index in [1.807, 2.05) is 25.0 Å². The van der Waals surface area contributed by atoms with Crippen LogP contribution in [0.3, 0.4) is 0 Å². The molecule has 2 unspecified atom stereocenters. The molecular formula is C9H16N4O. The zero-order valence-corrected chi connectivity index (χ0v) is 8.60. The van der Waals surface area contributed by atoms with Crippen LogP contribution < -0.4 is 5.32 Å². The first-order valence-corrected chi connectivity index (χ1v) is 4.92. The highest BCUT2D eigenvalue weighted by Crippen LogP contribution is 2.27. The van der Waals surface area contributed by atoms with Crippen molar-refractivity contribution in [1.82, 2.24) is 20.3 Å². The molecule has 0 amide bonds. The molecule has 2 heterocycles. The van der Waals surface area contributed by atoms with Crippen molar-refractivity contribution in [3.63, 3.8) is 0 Å². The molecule has 0 aliphatic carbocycles. The molecule has 2 atom stereocenters. The molecule has 1 aliphatic heterocycles. The summed E-state index contributed by atoms with van der Waals surface area (Å²) in [5.41, 5.74) is 1.13. The van der Waals surface area contributed by atoms with Crippen molar-refractivity contribution in [3.8, 4) is 0 Å². The van der Waals surface area contributed by atoms with Crippen LogP contribution in [0.2, 0.25) is 0 Å². The average Bonchev–Trinajstić information content (AvgIpc) is 2.80. The van der Waals surface area contributed by atoms with Crippen LogP contribution in [0.15, 0.2) is 6.20 Å². The quantitative estimate of drug-likeness (QED) is 0.745. The Morgan fingerprint density at radius 3 is 3.07 bits per heavy atom. The van der Waals surface area contributed by atoms with Gasteiger partial charge >= 0.3 is 0 Å². The van der Waals surface area contributed by atoms with E-state index in [1.54, 1.807) is 0 Å². The molecule has 1 saturated heterocycles. The maximum Gasteiger partial charge on any atom is 0.0756 e. The van der Waals surface area contributed by atoms with Gasteiger partial charge in [-0.2, -0.15) is 0 Å². The summed E-state index contributed by atoms with van der Waals surface area (Å²) in [6.07, 6.45) is 2.93. The molecule has 78 valence electrons. The zero-order valence-electron chi connectivity index (χ0n) is 8.60. The van der Waals surface area contributed by atoms with E-state index < -0.39 is 0 Å². The number of ether oxygens (including phenoxy) is 1. The van der Waals surface area contributed by atoms with Crippen LogP contribution in [0.4, 0.5) is 0 Å². The van der Waals surface area contributed by atoms with E-state index >= 15 is 0 Å². The van der Waals surface area contributed by atoms with Gasteiger partial charge in [0.1, 0.15) is 0 Å². The van der Waals surface area contributed by atoms with Crippen LogP contribution in [0.5, 0.6) is 0 Å². The number of nitrogens with zero attached hydrogens (tertiary/aromatic N) is 3. The van der Waals surface area contributed by atoms with Gasteiger partial charge in [-0.15, -0.1) is 5.10 Å². The lowest BCUT2D eigenvalue weighted by atomic mass is 9.97. The second-order valence-corrected chi connectivity index (χ2v) is 3.67. The summed E-state index contributed by atoms with van der Waals surface area (Å²) in [5.74, 6) is 0.539. The smallest absolute Gasteiger partial charge is 0.0756 e. The summed E-state index contributed by atoms with van der Waals surface area (Å²) in [7, 11) is 3.89. The Labute approximate surface area is 83.4 Å². The molecule has 14 heavy (non-hydrogen) atoms. The Balaban J connectivity index is 2.16. The summed E-state index contributed by atoms with van der Waals surface area (Å²) in [5, 5.41) is 11.1. The van der Waals surface area contributed by atoms with Crippen LogP contribution in [0.25, 0.3) is 0 Å². The third-order valence-electron chi connectivity index (χ3n) is 2.82. The molecule has 1 fully saturated rings. The molecule has 1 N–H and O–H groups in total. The molecule has 5 heteroatoms. The van der Waals surface area contributed by atoms with Gasteiger partial charge in [-0.3, -0.25) is 4.68 Å². The van der Waals surface area contributed by atoms with E-state index in [0.717, 1.165) is 25.3 Å². The third-order valence-corrected chi connectivity index (χ3v) is 2.82. The second kappa shape index (κ2) is 4.06. The molecule has 0 aromatic carbocycles. The molecule has 0 radical (unpaired) electrons. The lowest BCUT2D eigenvalue weighted by Crippen LogP contribution is -2.27. The largest absolute Gasteiger partial charge is 0.381 e. The van der Waals surface area contributed by atoms with Crippen LogP contribution in [0, 0.1) is 5.92 Å². The van der Waals surface area contributed by atoms with Crippen molar-refractivity contribution in [3.05, 3.63) is 11.9 Å². The molecule has 2 rings (SSSR count).